The summed E-state index contributed by atoms with van der Waals surface area (Å²) in [5.74, 6) is -1.10. The molecule has 0 unspecified atom stereocenters. The topological polar surface area (TPSA) is 76.0 Å². The summed E-state index contributed by atoms with van der Waals surface area (Å²) in [6.07, 6.45) is 0. The van der Waals surface area contributed by atoms with Crippen molar-refractivity contribution >= 4 is 5.97 Å². The van der Waals surface area contributed by atoms with Crippen molar-refractivity contribution in [3.63, 3.8) is 0 Å². The predicted molar refractivity (Wildman–Crippen MR) is 24.2 cm³/mol. The molecular formula is C3H5NO4. The van der Waals surface area contributed by atoms with Crippen LogP contribution in [0.5, 0.6) is 0 Å². The number of carbonyl (C=O) groups is 1. The lowest BCUT2D eigenvalue weighted by Crippen LogP contribution is -2.06. The van der Waals surface area contributed by atoms with Crippen molar-refractivity contribution in [3.05, 3.63) is 4.91 Å². The third-order valence-corrected chi connectivity index (χ3v) is 0.370. The highest BCUT2D eigenvalue weighted by molar-refractivity contribution is 5.67. The maximum absolute atomic E-state index is 9.61. The van der Waals surface area contributed by atoms with Crippen molar-refractivity contribution in [1.82, 2.24) is 0 Å². The number of hydrogen-bond acceptors (Lipinski definition) is 4. The van der Waals surface area contributed by atoms with Crippen molar-refractivity contribution < 1.29 is 14.6 Å². The first-order chi connectivity index (χ1) is 3.77. The Morgan fingerprint density at radius 1 is 1.75 bits per heavy atom. The van der Waals surface area contributed by atoms with E-state index in [0.717, 1.165) is 0 Å². The molecule has 8 heavy (non-hydrogen) atoms. The minimum absolute atomic E-state index is 0.397. The van der Waals surface area contributed by atoms with Crippen LogP contribution in [-0.2, 0) is 9.53 Å². The molecule has 0 bridgehead atoms. The van der Waals surface area contributed by atoms with Crippen LogP contribution in [0.4, 0.5) is 0 Å². The molecule has 0 heterocycles. The Bertz CT molecular complexity index is 91.3. The van der Waals surface area contributed by atoms with Gasteiger partial charge in [-0.25, -0.2) is 4.79 Å². The van der Waals surface area contributed by atoms with E-state index in [2.05, 4.69) is 9.91 Å². The summed E-state index contributed by atoms with van der Waals surface area (Å²) in [5, 5.41) is 10.1. The number of rotatable bonds is 4. The molecule has 0 atom stereocenters. The van der Waals surface area contributed by atoms with E-state index in [4.69, 9.17) is 5.11 Å². The van der Waals surface area contributed by atoms with Crippen LogP contribution >= 0.6 is 0 Å². The van der Waals surface area contributed by atoms with Gasteiger partial charge in [0.2, 0.25) is 0 Å². The van der Waals surface area contributed by atoms with E-state index in [1.54, 1.807) is 0 Å². The summed E-state index contributed by atoms with van der Waals surface area (Å²) in [5.41, 5.74) is 0. The number of ether oxygens (including phenoxy) is 1. The van der Waals surface area contributed by atoms with E-state index in [-0.39, 0.29) is 0 Å². The van der Waals surface area contributed by atoms with Crippen molar-refractivity contribution in [2.75, 3.05) is 13.3 Å². The first-order valence-corrected chi connectivity index (χ1v) is 1.86. The molecule has 0 saturated carbocycles. The van der Waals surface area contributed by atoms with Gasteiger partial charge in [-0.3, -0.25) is 0 Å². The summed E-state index contributed by atoms with van der Waals surface area (Å²) >= 11 is 0. The van der Waals surface area contributed by atoms with Gasteiger partial charge in [0.05, 0.1) is 0 Å². The van der Waals surface area contributed by atoms with Crippen LogP contribution in [0, 0.1) is 4.91 Å². The average Bonchev–Trinajstić information content (AvgIpc) is 1.66. The largest absolute Gasteiger partial charge is 0.480 e. The van der Waals surface area contributed by atoms with Crippen LogP contribution in [0.3, 0.4) is 0 Å². The number of nitrogens with zero attached hydrogens (tertiary/aromatic N) is 1. The molecular weight excluding hydrogens is 114 g/mol. The zero-order chi connectivity index (χ0) is 6.41. The molecule has 0 fully saturated rings. The average molecular weight is 119 g/mol. The van der Waals surface area contributed by atoms with E-state index in [1.165, 1.54) is 0 Å². The van der Waals surface area contributed by atoms with Crippen LogP contribution in [0.15, 0.2) is 5.18 Å². The third-order valence-electron chi connectivity index (χ3n) is 0.370. The monoisotopic (exact) mass is 119 g/mol. The summed E-state index contributed by atoms with van der Waals surface area (Å²) in [6, 6.07) is 0. The van der Waals surface area contributed by atoms with Gasteiger partial charge in [-0.2, -0.15) is 0 Å². The molecule has 46 valence electrons. The molecule has 0 radical (unpaired) electrons. The molecule has 5 nitrogen and oxygen atoms in total. The standard InChI is InChI=1S/C3H5NO4/c5-3(6)1-8-2-4-7/h1-2H2,(H,5,6). The fourth-order valence-electron chi connectivity index (χ4n) is 0.170. The second-order valence-electron chi connectivity index (χ2n) is 1.00. The first kappa shape index (κ1) is 7.03. The third kappa shape index (κ3) is 5.03. The Labute approximate surface area is 45.2 Å². The summed E-state index contributed by atoms with van der Waals surface area (Å²) in [4.78, 5) is 18.8. The maximum atomic E-state index is 9.61. The number of nitroso groups, excluding NO2 is 1. The van der Waals surface area contributed by atoms with Gasteiger partial charge in [0.1, 0.15) is 6.61 Å². The maximum Gasteiger partial charge on any atom is 0.329 e. The molecule has 0 aliphatic carbocycles. The van der Waals surface area contributed by atoms with Gasteiger partial charge in [-0.1, -0.05) is 0 Å². The molecule has 1 N–H and O–H groups in total. The molecule has 0 aromatic heterocycles. The van der Waals surface area contributed by atoms with Crippen molar-refractivity contribution in [1.29, 1.82) is 0 Å². The molecule has 0 saturated heterocycles. The molecule has 0 rings (SSSR count). The fraction of sp³-hybridized carbons (Fsp3) is 0.667. The Balaban J connectivity index is 2.93. The Hall–Kier alpha value is -0.970. The quantitative estimate of drug-likeness (QED) is 0.411. The van der Waals surface area contributed by atoms with Crippen LogP contribution < -0.4 is 0 Å². The fourth-order valence-corrected chi connectivity index (χ4v) is 0.170. The second-order valence-corrected chi connectivity index (χ2v) is 1.00. The van der Waals surface area contributed by atoms with Gasteiger partial charge in [0.15, 0.2) is 6.73 Å². The van der Waals surface area contributed by atoms with Gasteiger partial charge < -0.3 is 9.84 Å². The van der Waals surface area contributed by atoms with Crippen LogP contribution in [0.1, 0.15) is 0 Å². The molecule has 0 aromatic rings. The zero-order valence-electron chi connectivity index (χ0n) is 4.03. The molecule has 0 aromatic carbocycles. The van der Waals surface area contributed by atoms with Gasteiger partial charge >= 0.3 is 5.97 Å². The van der Waals surface area contributed by atoms with Gasteiger partial charge in [0, 0.05) is 0 Å². The lowest BCUT2D eigenvalue weighted by atomic mass is 10.7. The van der Waals surface area contributed by atoms with Crippen molar-refractivity contribution in [2.24, 2.45) is 5.18 Å². The van der Waals surface area contributed by atoms with Crippen LogP contribution in [-0.4, -0.2) is 24.4 Å². The van der Waals surface area contributed by atoms with Crippen molar-refractivity contribution in [2.45, 2.75) is 0 Å². The molecule has 0 aliphatic heterocycles. The first-order valence-electron chi connectivity index (χ1n) is 1.86. The number of hydrogen-bond donors (Lipinski definition) is 1. The van der Waals surface area contributed by atoms with Gasteiger partial charge in [-0.05, 0) is 5.18 Å². The van der Waals surface area contributed by atoms with E-state index >= 15 is 0 Å². The Kier molecular flexibility index (Phi) is 3.69. The molecule has 0 amide bonds. The predicted octanol–water partition coefficient (Wildman–Crippen LogP) is -0.189. The highest BCUT2D eigenvalue weighted by Crippen LogP contribution is 1.73. The molecule has 5 heteroatoms. The SMILES string of the molecule is O=NCOCC(=O)O. The van der Waals surface area contributed by atoms with Gasteiger partial charge in [-0.15, -0.1) is 4.91 Å². The summed E-state index contributed by atoms with van der Waals surface area (Å²) in [6.45, 7) is -0.863. The molecule has 0 spiro atoms. The summed E-state index contributed by atoms with van der Waals surface area (Å²) < 4.78 is 4.17. The second kappa shape index (κ2) is 4.20. The van der Waals surface area contributed by atoms with Crippen molar-refractivity contribution in [3.8, 4) is 0 Å². The zero-order valence-corrected chi connectivity index (χ0v) is 4.03. The smallest absolute Gasteiger partial charge is 0.329 e. The lowest BCUT2D eigenvalue weighted by molar-refractivity contribution is -0.142. The minimum Gasteiger partial charge on any atom is -0.480 e. The highest BCUT2D eigenvalue weighted by Gasteiger charge is 1.92. The van der Waals surface area contributed by atoms with E-state index in [9.17, 15) is 9.70 Å². The molecule has 0 aliphatic rings. The normalized spacial score (nSPS) is 8.50. The van der Waals surface area contributed by atoms with Crippen LogP contribution in [0.25, 0.3) is 0 Å². The van der Waals surface area contributed by atoms with Gasteiger partial charge in [0.25, 0.3) is 0 Å². The summed E-state index contributed by atoms with van der Waals surface area (Å²) in [7, 11) is 0. The number of carboxylic acids is 1. The Morgan fingerprint density at radius 2 is 2.38 bits per heavy atom. The Morgan fingerprint density at radius 3 is 2.75 bits per heavy atom. The minimum atomic E-state index is -1.10. The lowest BCUT2D eigenvalue weighted by Gasteiger charge is -1.88. The van der Waals surface area contributed by atoms with E-state index in [0.29, 0.717) is 0 Å². The number of aliphatic carboxylic acids is 1. The van der Waals surface area contributed by atoms with E-state index < -0.39 is 19.3 Å². The number of carboxylic acid groups (broad SMARTS) is 1. The highest BCUT2D eigenvalue weighted by atomic mass is 16.5. The van der Waals surface area contributed by atoms with Crippen LogP contribution in [0.2, 0.25) is 0 Å². The van der Waals surface area contributed by atoms with E-state index in [1.807, 2.05) is 0 Å².